The van der Waals surface area contributed by atoms with Gasteiger partial charge in [-0.1, -0.05) is 12.8 Å². The largest absolute Gasteiger partial charge is 0.327 e. The van der Waals surface area contributed by atoms with Crippen LogP contribution in [0.4, 0.5) is 5.69 Å². The Kier molecular flexibility index (Phi) is 4.48. The van der Waals surface area contributed by atoms with Gasteiger partial charge in [0.15, 0.2) is 5.82 Å². The van der Waals surface area contributed by atoms with Crippen LogP contribution in [0.3, 0.4) is 0 Å². The number of pyridine rings is 1. The molecule has 0 spiro atoms. The van der Waals surface area contributed by atoms with Crippen molar-refractivity contribution in [1.82, 2.24) is 14.8 Å². The average molecular weight is 299 g/mol. The first kappa shape index (κ1) is 14.7. The maximum Gasteiger partial charge on any atom is 0.224 e. The SMILES string of the molecule is NC1CCCCC1CC(=O)Nc1cccnc1-n1cccn1. The van der Waals surface area contributed by atoms with Gasteiger partial charge in [0, 0.05) is 31.1 Å². The molecular formula is C16H21N5O. The van der Waals surface area contributed by atoms with Crippen molar-refractivity contribution < 1.29 is 4.79 Å². The van der Waals surface area contributed by atoms with Gasteiger partial charge in [-0.25, -0.2) is 9.67 Å². The zero-order valence-electron chi connectivity index (χ0n) is 12.5. The van der Waals surface area contributed by atoms with Gasteiger partial charge in [-0.15, -0.1) is 0 Å². The van der Waals surface area contributed by atoms with Crippen LogP contribution in [0.15, 0.2) is 36.8 Å². The fraction of sp³-hybridized carbons (Fsp3) is 0.438. The van der Waals surface area contributed by atoms with Gasteiger partial charge in [0.25, 0.3) is 0 Å². The maximum atomic E-state index is 12.3. The highest BCUT2D eigenvalue weighted by molar-refractivity contribution is 5.92. The van der Waals surface area contributed by atoms with Crippen LogP contribution in [0.1, 0.15) is 32.1 Å². The zero-order valence-corrected chi connectivity index (χ0v) is 12.5. The molecule has 116 valence electrons. The number of amides is 1. The van der Waals surface area contributed by atoms with E-state index in [9.17, 15) is 4.79 Å². The Morgan fingerprint density at radius 2 is 2.18 bits per heavy atom. The molecule has 0 radical (unpaired) electrons. The highest BCUT2D eigenvalue weighted by Gasteiger charge is 2.24. The Balaban J connectivity index is 1.69. The first-order chi connectivity index (χ1) is 10.7. The minimum atomic E-state index is -0.0104. The van der Waals surface area contributed by atoms with Crippen LogP contribution in [0.2, 0.25) is 0 Å². The molecule has 1 saturated carbocycles. The molecule has 6 nitrogen and oxygen atoms in total. The first-order valence-corrected chi connectivity index (χ1v) is 7.74. The van der Waals surface area contributed by atoms with Crippen molar-refractivity contribution in [2.75, 3.05) is 5.32 Å². The van der Waals surface area contributed by atoms with E-state index in [-0.39, 0.29) is 17.9 Å². The van der Waals surface area contributed by atoms with E-state index >= 15 is 0 Å². The summed E-state index contributed by atoms with van der Waals surface area (Å²) in [5.41, 5.74) is 6.79. The van der Waals surface area contributed by atoms with Crippen molar-refractivity contribution in [2.24, 2.45) is 11.7 Å². The molecule has 0 aromatic carbocycles. The van der Waals surface area contributed by atoms with E-state index in [2.05, 4.69) is 15.4 Å². The van der Waals surface area contributed by atoms with Crippen LogP contribution in [-0.4, -0.2) is 26.7 Å². The van der Waals surface area contributed by atoms with E-state index < -0.39 is 0 Å². The van der Waals surface area contributed by atoms with Crippen LogP contribution in [0, 0.1) is 5.92 Å². The molecule has 0 bridgehead atoms. The minimum absolute atomic E-state index is 0.0104. The summed E-state index contributed by atoms with van der Waals surface area (Å²) in [4.78, 5) is 16.6. The molecule has 22 heavy (non-hydrogen) atoms. The molecule has 2 unspecified atom stereocenters. The minimum Gasteiger partial charge on any atom is -0.327 e. The summed E-state index contributed by atoms with van der Waals surface area (Å²) in [5, 5.41) is 7.11. The smallest absolute Gasteiger partial charge is 0.224 e. The Bertz CT molecular complexity index is 625. The summed E-state index contributed by atoms with van der Waals surface area (Å²) >= 11 is 0. The van der Waals surface area contributed by atoms with E-state index in [1.807, 2.05) is 12.1 Å². The van der Waals surface area contributed by atoms with E-state index in [0.29, 0.717) is 17.9 Å². The van der Waals surface area contributed by atoms with E-state index in [0.717, 1.165) is 19.3 Å². The average Bonchev–Trinajstić information content (AvgIpc) is 3.04. The second-order valence-electron chi connectivity index (χ2n) is 5.79. The van der Waals surface area contributed by atoms with Crippen molar-refractivity contribution in [2.45, 2.75) is 38.1 Å². The predicted octanol–water partition coefficient (Wildman–Crippen LogP) is 2.11. The van der Waals surface area contributed by atoms with Gasteiger partial charge in [0.1, 0.15) is 0 Å². The lowest BCUT2D eigenvalue weighted by Gasteiger charge is -2.28. The van der Waals surface area contributed by atoms with E-state index in [4.69, 9.17) is 5.73 Å². The number of aromatic nitrogens is 3. The second-order valence-corrected chi connectivity index (χ2v) is 5.79. The highest BCUT2D eigenvalue weighted by atomic mass is 16.1. The summed E-state index contributed by atoms with van der Waals surface area (Å²) in [7, 11) is 0. The zero-order chi connectivity index (χ0) is 15.4. The summed E-state index contributed by atoms with van der Waals surface area (Å²) in [6.45, 7) is 0. The van der Waals surface area contributed by atoms with Gasteiger partial charge in [-0.05, 0) is 37.0 Å². The van der Waals surface area contributed by atoms with Crippen molar-refractivity contribution in [3.8, 4) is 5.82 Å². The Hall–Kier alpha value is -2.21. The lowest BCUT2D eigenvalue weighted by molar-refractivity contribution is -0.117. The molecule has 3 N–H and O–H groups in total. The normalized spacial score (nSPS) is 21.5. The Morgan fingerprint density at radius 3 is 2.95 bits per heavy atom. The fourth-order valence-electron chi connectivity index (χ4n) is 3.00. The lowest BCUT2D eigenvalue weighted by atomic mass is 9.83. The molecule has 6 heteroatoms. The number of hydrogen-bond acceptors (Lipinski definition) is 4. The van der Waals surface area contributed by atoms with Gasteiger partial charge in [0.2, 0.25) is 5.91 Å². The molecule has 1 fully saturated rings. The molecule has 1 amide bonds. The van der Waals surface area contributed by atoms with Crippen LogP contribution >= 0.6 is 0 Å². The quantitative estimate of drug-likeness (QED) is 0.905. The molecule has 2 heterocycles. The predicted molar refractivity (Wildman–Crippen MR) is 84.5 cm³/mol. The third-order valence-electron chi connectivity index (χ3n) is 4.20. The Morgan fingerprint density at radius 1 is 1.32 bits per heavy atom. The molecule has 2 aromatic rings. The maximum absolute atomic E-state index is 12.3. The van der Waals surface area contributed by atoms with Gasteiger partial charge in [-0.2, -0.15) is 5.10 Å². The second kappa shape index (κ2) is 6.70. The number of anilines is 1. The molecule has 1 aliphatic carbocycles. The summed E-state index contributed by atoms with van der Waals surface area (Å²) in [6, 6.07) is 5.60. The summed E-state index contributed by atoms with van der Waals surface area (Å²) in [6.07, 6.45) is 10.0. The number of rotatable bonds is 4. The van der Waals surface area contributed by atoms with Crippen molar-refractivity contribution >= 4 is 11.6 Å². The number of nitrogens with two attached hydrogens (primary N) is 1. The molecule has 3 rings (SSSR count). The third-order valence-corrected chi connectivity index (χ3v) is 4.20. The number of nitrogens with zero attached hydrogens (tertiary/aromatic N) is 3. The van der Waals surface area contributed by atoms with E-state index in [1.54, 1.807) is 29.3 Å². The van der Waals surface area contributed by atoms with Crippen LogP contribution in [0.5, 0.6) is 0 Å². The summed E-state index contributed by atoms with van der Waals surface area (Å²) < 4.78 is 1.64. The topological polar surface area (TPSA) is 85.8 Å². The molecular weight excluding hydrogens is 278 g/mol. The molecule has 2 aromatic heterocycles. The number of carbonyl (C=O) groups excluding carboxylic acids is 1. The monoisotopic (exact) mass is 299 g/mol. The van der Waals surface area contributed by atoms with Gasteiger partial charge >= 0.3 is 0 Å². The lowest BCUT2D eigenvalue weighted by Crippen LogP contribution is -2.35. The molecule has 0 aliphatic heterocycles. The van der Waals surface area contributed by atoms with Crippen molar-refractivity contribution in [3.05, 3.63) is 36.8 Å². The highest BCUT2D eigenvalue weighted by Crippen LogP contribution is 2.26. The van der Waals surface area contributed by atoms with Crippen molar-refractivity contribution in [3.63, 3.8) is 0 Å². The van der Waals surface area contributed by atoms with E-state index in [1.165, 1.54) is 6.42 Å². The first-order valence-electron chi connectivity index (χ1n) is 7.74. The van der Waals surface area contributed by atoms with Crippen LogP contribution < -0.4 is 11.1 Å². The Labute approximate surface area is 129 Å². The third kappa shape index (κ3) is 3.33. The fourth-order valence-corrected chi connectivity index (χ4v) is 3.00. The van der Waals surface area contributed by atoms with Gasteiger partial charge < -0.3 is 11.1 Å². The molecule has 2 atom stereocenters. The van der Waals surface area contributed by atoms with Gasteiger partial charge in [-0.3, -0.25) is 4.79 Å². The standard InChI is InChI=1S/C16H21N5O/c17-13-6-2-1-5-12(13)11-15(22)20-14-7-3-8-18-16(14)21-10-4-9-19-21/h3-4,7-10,12-13H,1-2,5-6,11,17H2,(H,20,22). The van der Waals surface area contributed by atoms with Crippen LogP contribution in [0.25, 0.3) is 5.82 Å². The molecule has 1 aliphatic rings. The summed E-state index contributed by atoms with van der Waals surface area (Å²) in [5.74, 6) is 0.885. The van der Waals surface area contributed by atoms with Crippen LogP contribution in [-0.2, 0) is 4.79 Å². The van der Waals surface area contributed by atoms with Crippen molar-refractivity contribution in [1.29, 1.82) is 0 Å². The molecule has 0 saturated heterocycles. The number of nitrogens with one attached hydrogen (secondary N) is 1. The number of hydrogen-bond donors (Lipinski definition) is 2. The van der Waals surface area contributed by atoms with Gasteiger partial charge in [0.05, 0.1) is 5.69 Å². The number of carbonyl (C=O) groups is 1.